The highest BCUT2D eigenvalue weighted by molar-refractivity contribution is 6.30. The van der Waals surface area contributed by atoms with E-state index < -0.39 is 11.1 Å². The fourth-order valence-corrected chi connectivity index (χ4v) is 2.85. The first-order valence-corrected chi connectivity index (χ1v) is 8.12. The molecule has 0 N–H and O–H groups in total. The van der Waals surface area contributed by atoms with Gasteiger partial charge in [0.05, 0.1) is 20.2 Å². The zero-order valence-electron chi connectivity index (χ0n) is 13.7. The molecule has 0 radical (unpaired) electrons. The summed E-state index contributed by atoms with van der Waals surface area (Å²) in [6.07, 6.45) is 3.22. The summed E-state index contributed by atoms with van der Waals surface area (Å²) in [5.41, 5.74) is 0.545. The Morgan fingerprint density at radius 2 is 1.60 bits per heavy atom. The van der Waals surface area contributed by atoms with Gasteiger partial charge in [-0.15, -0.1) is 0 Å². The van der Waals surface area contributed by atoms with Gasteiger partial charge < -0.3 is 13.9 Å². The molecular formula is C19H17ClN2O3. The van der Waals surface area contributed by atoms with Crippen LogP contribution in [0.4, 0.5) is 0 Å². The third-order valence-corrected chi connectivity index (χ3v) is 4.14. The molecule has 1 heterocycles. The fraction of sp³-hybridized carbons (Fsp3) is 0.158. The van der Waals surface area contributed by atoms with Gasteiger partial charge in [-0.2, -0.15) is 0 Å². The number of para-hydroxylation sites is 1. The Morgan fingerprint density at radius 1 is 0.920 bits per heavy atom. The van der Waals surface area contributed by atoms with E-state index in [1.807, 2.05) is 36.4 Å². The lowest BCUT2D eigenvalue weighted by Gasteiger charge is -2.11. The quantitative estimate of drug-likeness (QED) is 0.660. The molecule has 0 spiro atoms. The van der Waals surface area contributed by atoms with Crippen LogP contribution in [0.25, 0.3) is 0 Å². The standard InChI is InChI=1S/C19H17ClN2O3/c1-25-17-8-3-2-6-15(17)13-22-10-9-21(18(23)19(22)24)12-14-5-4-7-16(20)11-14/h2-11H,12-13H2,1H3. The Morgan fingerprint density at radius 3 is 2.28 bits per heavy atom. The van der Waals surface area contributed by atoms with E-state index in [9.17, 15) is 9.59 Å². The van der Waals surface area contributed by atoms with Gasteiger partial charge in [0, 0.05) is 23.0 Å². The third kappa shape index (κ3) is 3.83. The number of nitrogens with zero attached hydrogens (tertiary/aromatic N) is 2. The first-order valence-electron chi connectivity index (χ1n) is 7.74. The second-order valence-electron chi connectivity index (χ2n) is 5.61. The second-order valence-corrected chi connectivity index (χ2v) is 6.04. The van der Waals surface area contributed by atoms with E-state index in [-0.39, 0.29) is 6.54 Å². The maximum atomic E-state index is 12.4. The normalized spacial score (nSPS) is 10.6. The topological polar surface area (TPSA) is 53.2 Å². The lowest BCUT2D eigenvalue weighted by molar-refractivity contribution is 0.408. The summed E-state index contributed by atoms with van der Waals surface area (Å²) in [5.74, 6) is 0.678. The first kappa shape index (κ1) is 17.0. The number of ether oxygens (including phenoxy) is 1. The van der Waals surface area contributed by atoms with Crippen LogP contribution in [0.3, 0.4) is 0 Å². The summed E-state index contributed by atoms with van der Waals surface area (Å²) < 4.78 is 8.06. The predicted octanol–water partition coefficient (Wildman–Crippen LogP) is 2.77. The Bertz CT molecular complexity index is 1010. The number of hydrogen-bond donors (Lipinski definition) is 0. The van der Waals surface area contributed by atoms with Gasteiger partial charge in [0.1, 0.15) is 5.75 Å². The first-order chi connectivity index (χ1) is 12.1. The molecule has 5 nitrogen and oxygen atoms in total. The van der Waals surface area contributed by atoms with E-state index in [2.05, 4.69) is 0 Å². The van der Waals surface area contributed by atoms with Crippen molar-refractivity contribution in [2.24, 2.45) is 0 Å². The smallest absolute Gasteiger partial charge is 0.316 e. The Labute approximate surface area is 149 Å². The van der Waals surface area contributed by atoms with E-state index in [4.69, 9.17) is 16.3 Å². The molecule has 1 aromatic heterocycles. The van der Waals surface area contributed by atoms with E-state index in [1.165, 1.54) is 9.13 Å². The van der Waals surface area contributed by atoms with E-state index >= 15 is 0 Å². The molecular weight excluding hydrogens is 340 g/mol. The maximum absolute atomic E-state index is 12.4. The minimum atomic E-state index is -0.574. The highest BCUT2D eigenvalue weighted by Gasteiger charge is 2.09. The Hall–Kier alpha value is -2.79. The van der Waals surface area contributed by atoms with Gasteiger partial charge in [0.2, 0.25) is 0 Å². The summed E-state index contributed by atoms with van der Waals surface area (Å²) >= 11 is 5.96. The van der Waals surface area contributed by atoms with Gasteiger partial charge in [0.15, 0.2) is 0 Å². The van der Waals surface area contributed by atoms with Crippen LogP contribution in [0.1, 0.15) is 11.1 Å². The van der Waals surface area contributed by atoms with Crippen LogP contribution < -0.4 is 15.9 Å². The van der Waals surface area contributed by atoms with E-state index in [0.717, 1.165) is 11.1 Å². The van der Waals surface area contributed by atoms with E-state index in [1.54, 1.807) is 31.6 Å². The molecule has 0 atom stereocenters. The lowest BCUT2D eigenvalue weighted by atomic mass is 10.2. The third-order valence-electron chi connectivity index (χ3n) is 3.91. The zero-order valence-corrected chi connectivity index (χ0v) is 14.4. The number of rotatable bonds is 5. The maximum Gasteiger partial charge on any atom is 0.316 e. The van der Waals surface area contributed by atoms with Crippen LogP contribution in [-0.4, -0.2) is 16.2 Å². The van der Waals surface area contributed by atoms with Gasteiger partial charge in [-0.25, -0.2) is 0 Å². The number of aromatic nitrogens is 2. The van der Waals surface area contributed by atoms with Gasteiger partial charge >= 0.3 is 11.1 Å². The molecule has 0 aliphatic heterocycles. The van der Waals surface area contributed by atoms with Gasteiger partial charge in [-0.3, -0.25) is 9.59 Å². The Kier molecular flexibility index (Phi) is 5.05. The average Bonchev–Trinajstić information content (AvgIpc) is 2.62. The highest BCUT2D eigenvalue weighted by atomic mass is 35.5. The molecule has 0 unspecified atom stereocenters. The van der Waals surface area contributed by atoms with E-state index in [0.29, 0.717) is 17.3 Å². The molecule has 0 bridgehead atoms. The molecule has 0 amide bonds. The van der Waals surface area contributed by atoms with Crippen molar-refractivity contribution in [3.63, 3.8) is 0 Å². The van der Waals surface area contributed by atoms with Gasteiger partial charge in [-0.1, -0.05) is 41.9 Å². The molecule has 25 heavy (non-hydrogen) atoms. The minimum Gasteiger partial charge on any atom is -0.496 e. The number of methoxy groups -OCH3 is 1. The molecule has 0 saturated carbocycles. The Balaban J connectivity index is 1.90. The summed E-state index contributed by atoms with van der Waals surface area (Å²) in [5, 5.41) is 0.593. The van der Waals surface area contributed by atoms with Crippen molar-refractivity contribution in [2.75, 3.05) is 7.11 Å². The van der Waals surface area contributed by atoms with Crippen molar-refractivity contribution in [1.29, 1.82) is 0 Å². The summed E-state index contributed by atoms with van der Waals surface area (Å²) in [4.78, 5) is 24.8. The fourth-order valence-electron chi connectivity index (χ4n) is 2.64. The molecule has 128 valence electrons. The van der Waals surface area contributed by atoms with Crippen LogP contribution in [0.15, 0.2) is 70.5 Å². The van der Waals surface area contributed by atoms with Crippen LogP contribution in [0.5, 0.6) is 5.75 Å². The summed E-state index contributed by atoms with van der Waals surface area (Å²) in [6.45, 7) is 0.570. The van der Waals surface area contributed by atoms with Gasteiger partial charge in [0.25, 0.3) is 0 Å². The monoisotopic (exact) mass is 356 g/mol. The molecule has 0 aliphatic rings. The largest absolute Gasteiger partial charge is 0.496 e. The molecule has 0 saturated heterocycles. The molecule has 2 aromatic carbocycles. The molecule has 0 aliphatic carbocycles. The minimum absolute atomic E-state index is 0.274. The lowest BCUT2D eigenvalue weighted by Crippen LogP contribution is -2.40. The van der Waals surface area contributed by atoms with Crippen LogP contribution in [-0.2, 0) is 13.1 Å². The number of hydrogen-bond acceptors (Lipinski definition) is 3. The highest BCUT2D eigenvalue weighted by Crippen LogP contribution is 2.17. The second kappa shape index (κ2) is 7.40. The van der Waals surface area contributed by atoms with Crippen LogP contribution in [0, 0.1) is 0 Å². The SMILES string of the molecule is COc1ccccc1Cn1ccn(Cc2cccc(Cl)c2)c(=O)c1=O. The average molecular weight is 357 g/mol. The number of halogens is 1. The van der Waals surface area contributed by atoms with Crippen molar-refractivity contribution >= 4 is 11.6 Å². The number of benzene rings is 2. The van der Waals surface area contributed by atoms with Crippen molar-refractivity contribution in [3.8, 4) is 5.75 Å². The molecule has 3 rings (SSSR count). The molecule has 0 fully saturated rings. The summed E-state index contributed by atoms with van der Waals surface area (Å²) in [6, 6.07) is 14.6. The van der Waals surface area contributed by atoms with Crippen LogP contribution in [0.2, 0.25) is 5.02 Å². The summed E-state index contributed by atoms with van der Waals surface area (Å²) in [7, 11) is 1.57. The molecule has 3 aromatic rings. The van der Waals surface area contributed by atoms with Crippen molar-refractivity contribution in [2.45, 2.75) is 13.1 Å². The van der Waals surface area contributed by atoms with Crippen LogP contribution >= 0.6 is 11.6 Å². The molecule has 6 heteroatoms. The van der Waals surface area contributed by atoms with Crippen molar-refractivity contribution in [3.05, 3.63) is 97.8 Å². The van der Waals surface area contributed by atoms with Crippen molar-refractivity contribution < 1.29 is 4.74 Å². The zero-order chi connectivity index (χ0) is 17.8. The predicted molar refractivity (Wildman–Crippen MR) is 97.6 cm³/mol. The van der Waals surface area contributed by atoms with Gasteiger partial charge in [-0.05, 0) is 23.8 Å². The van der Waals surface area contributed by atoms with Crippen molar-refractivity contribution in [1.82, 2.24) is 9.13 Å².